The van der Waals surface area contributed by atoms with Crippen LogP contribution in [-0.2, 0) is 28.6 Å². The normalized spacial score (nSPS) is 12.1. The third-order valence-electron chi connectivity index (χ3n) is 14.4. The van der Waals surface area contributed by atoms with Crippen molar-refractivity contribution < 1.29 is 28.6 Å². The van der Waals surface area contributed by atoms with Crippen LogP contribution in [0.25, 0.3) is 0 Å². The average Bonchev–Trinajstić information content (AvgIpc) is 3.37. The van der Waals surface area contributed by atoms with E-state index in [0.717, 1.165) is 57.8 Å². The van der Waals surface area contributed by atoms with Crippen LogP contribution in [0.2, 0.25) is 0 Å². The zero-order valence-electron chi connectivity index (χ0n) is 48.0. The summed E-state index contributed by atoms with van der Waals surface area (Å²) < 4.78 is 16.9. The first kappa shape index (κ1) is 68.9. The molecule has 0 aromatic rings. The van der Waals surface area contributed by atoms with Crippen molar-refractivity contribution in [1.29, 1.82) is 0 Å². The van der Waals surface area contributed by atoms with Gasteiger partial charge in [-0.15, -0.1) is 0 Å². The quantitative estimate of drug-likeness (QED) is 0.0261. The predicted molar refractivity (Wildman–Crippen MR) is 307 cm³/mol. The van der Waals surface area contributed by atoms with Gasteiger partial charge in [0, 0.05) is 19.3 Å². The Morgan fingerprint density at radius 1 is 0.268 bits per heavy atom. The van der Waals surface area contributed by atoms with Gasteiger partial charge in [0.1, 0.15) is 13.2 Å². The third kappa shape index (κ3) is 58.7. The summed E-state index contributed by atoms with van der Waals surface area (Å²) in [6.07, 6.45) is 71.8. The lowest BCUT2D eigenvalue weighted by Gasteiger charge is -2.18. The van der Waals surface area contributed by atoms with Crippen LogP contribution in [0.4, 0.5) is 0 Å². The second-order valence-corrected chi connectivity index (χ2v) is 21.7. The maximum absolute atomic E-state index is 12.9. The molecule has 0 saturated heterocycles. The number of rotatable bonds is 59. The SMILES string of the molecule is CCCCCCCC/C=C\CCCCCCCCCCCCCC(=O)O[C@H](COC(=O)CCCCCCCCCCC/C=C\CCCCCCCC)COC(=O)CCCCCCCCCCCCCCC. The molecule has 0 bridgehead atoms. The van der Waals surface area contributed by atoms with Crippen LogP contribution in [0.3, 0.4) is 0 Å². The average molecular weight is 1000 g/mol. The Kier molecular flexibility index (Phi) is 58.6. The highest BCUT2D eigenvalue weighted by Gasteiger charge is 2.19. The van der Waals surface area contributed by atoms with Gasteiger partial charge in [-0.05, 0) is 70.6 Å². The lowest BCUT2D eigenvalue weighted by Crippen LogP contribution is -2.30. The smallest absolute Gasteiger partial charge is 0.306 e. The number of hydrogen-bond acceptors (Lipinski definition) is 6. The van der Waals surface area contributed by atoms with Gasteiger partial charge >= 0.3 is 17.9 Å². The van der Waals surface area contributed by atoms with Crippen molar-refractivity contribution in [2.24, 2.45) is 0 Å². The van der Waals surface area contributed by atoms with Crippen LogP contribution in [0, 0.1) is 0 Å². The number of hydrogen-bond donors (Lipinski definition) is 0. The molecule has 0 N–H and O–H groups in total. The van der Waals surface area contributed by atoms with E-state index in [0.29, 0.717) is 19.3 Å². The van der Waals surface area contributed by atoms with E-state index in [4.69, 9.17) is 14.2 Å². The highest BCUT2D eigenvalue weighted by Crippen LogP contribution is 2.17. The van der Waals surface area contributed by atoms with Gasteiger partial charge < -0.3 is 14.2 Å². The van der Waals surface area contributed by atoms with E-state index in [9.17, 15) is 14.4 Å². The van der Waals surface area contributed by atoms with Gasteiger partial charge in [0.15, 0.2) is 6.10 Å². The molecular formula is C65H122O6. The van der Waals surface area contributed by atoms with Gasteiger partial charge in [-0.1, -0.05) is 289 Å². The van der Waals surface area contributed by atoms with E-state index >= 15 is 0 Å². The summed E-state index contributed by atoms with van der Waals surface area (Å²) in [7, 11) is 0. The Labute approximate surface area is 443 Å². The van der Waals surface area contributed by atoms with E-state index < -0.39 is 6.10 Å². The molecule has 0 aliphatic rings. The molecule has 71 heavy (non-hydrogen) atoms. The van der Waals surface area contributed by atoms with Crippen LogP contribution < -0.4 is 0 Å². The van der Waals surface area contributed by atoms with Crippen molar-refractivity contribution >= 4 is 17.9 Å². The molecule has 6 nitrogen and oxygen atoms in total. The first-order valence-corrected chi connectivity index (χ1v) is 31.8. The third-order valence-corrected chi connectivity index (χ3v) is 14.4. The van der Waals surface area contributed by atoms with Crippen molar-refractivity contribution in [3.05, 3.63) is 24.3 Å². The van der Waals surface area contributed by atoms with Crippen molar-refractivity contribution in [3.8, 4) is 0 Å². The monoisotopic (exact) mass is 999 g/mol. The molecular weight excluding hydrogens is 877 g/mol. The molecule has 418 valence electrons. The molecule has 0 heterocycles. The number of esters is 3. The van der Waals surface area contributed by atoms with Crippen LogP contribution >= 0.6 is 0 Å². The van der Waals surface area contributed by atoms with Crippen molar-refractivity contribution in [3.63, 3.8) is 0 Å². The molecule has 0 radical (unpaired) electrons. The number of carbonyl (C=O) groups excluding carboxylic acids is 3. The minimum absolute atomic E-state index is 0.0669. The summed E-state index contributed by atoms with van der Waals surface area (Å²) in [6, 6.07) is 0. The number of carbonyl (C=O) groups is 3. The summed E-state index contributed by atoms with van der Waals surface area (Å²) in [5.74, 6) is -0.844. The predicted octanol–water partition coefficient (Wildman–Crippen LogP) is 21.4. The summed E-state index contributed by atoms with van der Waals surface area (Å²) in [5, 5.41) is 0. The first-order chi connectivity index (χ1) is 35.0. The molecule has 0 amide bonds. The molecule has 6 heteroatoms. The zero-order valence-corrected chi connectivity index (χ0v) is 48.0. The Hall–Kier alpha value is -2.11. The molecule has 1 atom stereocenters. The molecule has 0 aromatic heterocycles. The largest absolute Gasteiger partial charge is 0.462 e. The van der Waals surface area contributed by atoms with E-state index in [2.05, 4.69) is 45.1 Å². The Balaban J connectivity index is 4.29. The molecule has 0 rings (SSSR count). The van der Waals surface area contributed by atoms with Crippen molar-refractivity contribution in [2.45, 2.75) is 361 Å². The first-order valence-electron chi connectivity index (χ1n) is 31.8. The van der Waals surface area contributed by atoms with Crippen LogP contribution in [0.1, 0.15) is 355 Å². The minimum atomic E-state index is -0.769. The van der Waals surface area contributed by atoms with Crippen LogP contribution in [0.15, 0.2) is 24.3 Å². The molecule has 0 aromatic carbocycles. The van der Waals surface area contributed by atoms with Gasteiger partial charge in [-0.25, -0.2) is 0 Å². The summed E-state index contributed by atoms with van der Waals surface area (Å²) >= 11 is 0. The second-order valence-electron chi connectivity index (χ2n) is 21.7. The van der Waals surface area contributed by atoms with Gasteiger partial charge in [-0.2, -0.15) is 0 Å². The Bertz CT molecular complexity index is 1150. The fraction of sp³-hybridized carbons (Fsp3) is 0.892. The second kappa shape index (κ2) is 60.4. The maximum Gasteiger partial charge on any atom is 0.306 e. The Morgan fingerprint density at radius 3 is 0.704 bits per heavy atom. The lowest BCUT2D eigenvalue weighted by atomic mass is 10.0. The Morgan fingerprint density at radius 2 is 0.465 bits per heavy atom. The van der Waals surface area contributed by atoms with Crippen LogP contribution in [-0.4, -0.2) is 37.2 Å². The minimum Gasteiger partial charge on any atom is -0.462 e. The number of ether oxygens (including phenoxy) is 3. The molecule has 0 aliphatic heterocycles. The molecule has 0 fully saturated rings. The molecule has 0 saturated carbocycles. The standard InChI is InChI=1S/C65H122O6/c1-4-7-10-13-16-19-22-25-27-29-31-32-34-36-38-41-44-47-50-53-56-59-65(68)71-62(60-69-63(66)57-54-51-48-45-42-39-24-21-18-15-12-9-6-3)61-70-64(67)58-55-52-49-46-43-40-37-35-33-30-28-26-23-20-17-14-11-8-5-2/h25-28,62H,4-24,29-61H2,1-3H3/b27-25-,28-26-/t62-/m0/s1. The van der Waals surface area contributed by atoms with Gasteiger partial charge in [0.2, 0.25) is 0 Å². The summed E-state index contributed by atoms with van der Waals surface area (Å²) in [5.41, 5.74) is 0. The lowest BCUT2D eigenvalue weighted by molar-refractivity contribution is -0.167. The highest BCUT2D eigenvalue weighted by molar-refractivity contribution is 5.71. The number of allylic oxidation sites excluding steroid dienone is 4. The topological polar surface area (TPSA) is 78.9 Å². The fourth-order valence-corrected chi connectivity index (χ4v) is 9.61. The van der Waals surface area contributed by atoms with Gasteiger partial charge in [0.05, 0.1) is 0 Å². The van der Waals surface area contributed by atoms with Gasteiger partial charge in [0.25, 0.3) is 0 Å². The summed E-state index contributed by atoms with van der Waals surface area (Å²) in [6.45, 7) is 6.69. The molecule has 0 aliphatic carbocycles. The van der Waals surface area contributed by atoms with Gasteiger partial charge in [-0.3, -0.25) is 14.4 Å². The van der Waals surface area contributed by atoms with E-state index in [-0.39, 0.29) is 31.1 Å². The van der Waals surface area contributed by atoms with E-state index in [1.807, 2.05) is 0 Å². The van der Waals surface area contributed by atoms with Crippen LogP contribution in [0.5, 0.6) is 0 Å². The molecule has 0 unspecified atom stereocenters. The zero-order chi connectivity index (χ0) is 51.4. The van der Waals surface area contributed by atoms with E-state index in [1.165, 1.54) is 257 Å². The van der Waals surface area contributed by atoms with Crippen molar-refractivity contribution in [1.82, 2.24) is 0 Å². The number of unbranched alkanes of at least 4 members (excludes halogenated alkanes) is 44. The fourth-order valence-electron chi connectivity index (χ4n) is 9.61. The van der Waals surface area contributed by atoms with Crippen molar-refractivity contribution in [2.75, 3.05) is 13.2 Å². The highest BCUT2D eigenvalue weighted by atomic mass is 16.6. The molecule has 0 spiro atoms. The summed E-state index contributed by atoms with van der Waals surface area (Å²) in [4.78, 5) is 38.3. The van der Waals surface area contributed by atoms with E-state index in [1.54, 1.807) is 0 Å². The maximum atomic E-state index is 12.9.